The number of rotatable bonds is 3. The van der Waals surface area contributed by atoms with Crippen molar-refractivity contribution in [2.24, 2.45) is 0 Å². The number of thiophene rings is 1. The first kappa shape index (κ1) is 16.4. The Hall–Kier alpha value is -2.08. The van der Waals surface area contributed by atoms with E-state index in [9.17, 15) is 9.59 Å². The summed E-state index contributed by atoms with van der Waals surface area (Å²) >= 11 is 13.6. The van der Waals surface area contributed by atoms with Gasteiger partial charge in [0.05, 0.1) is 5.69 Å². The number of benzene rings is 2. The first-order chi connectivity index (χ1) is 12.0. The molecule has 3 aromatic rings. The lowest BCUT2D eigenvalue weighted by molar-refractivity contribution is -0.118. The van der Waals surface area contributed by atoms with Gasteiger partial charge in [0.25, 0.3) is 5.91 Å². The van der Waals surface area contributed by atoms with Gasteiger partial charge in [-0.05, 0) is 40.6 Å². The number of imide groups is 1. The molecule has 1 aliphatic rings. The van der Waals surface area contributed by atoms with Gasteiger partial charge in [-0.1, -0.05) is 41.4 Å². The van der Waals surface area contributed by atoms with E-state index >= 15 is 0 Å². The predicted molar refractivity (Wildman–Crippen MR) is 102 cm³/mol. The number of anilines is 1. The van der Waals surface area contributed by atoms with Gasteiger partial charge >= 0.3 is 6.03 Å². The fraction of sp³-hybridized carbons (Fsp3) is 0.111. The highest BCUT2D eigenvalue weighted by atomic mass is 35.5. The summed E-state index contributed by atoms with van der Waals surface area (Å²) in [6, 6.07) is 11.6. The highest BCUT2D eigenvalue weighted by Crippen LogP contribution is 2.30. The second kappa shape index (κ2) is 6.33. The molecule has 1 N–H and O–H groups in total. The molecule has 0 radical (unpaired) electrons. The van der Waals surface area contributed by atoms with Crippen molar-refractivity contribution < 1.29 is 9.59 Å². The summed E-state index contributed by atoms with van der Waals surface area (Å²) in [4.78, 5) is 26.2. The zero-order chi connectivity index (χ0) is 17.6. The van der Waals surface area contributed by atoms with Crippen LogP contribution in [0.4, 0.5) is 10.5 Å². The van der Waals surface area contributed by atoms with Gasteiger partial charge in [-0.2, -0.15) is 0 Å². The van der Waals surface area contributed by atoms with E-state index in [1.165, 1.54) is 0 Å². The van der Waals surface area contributed by atoms with Gasteiger partial charge in [-0.15, -0.1) is 11.3 Å². The number of nitrogens with one attached hydrogen (secondary N) is 1. The number of fused-ring (bicyclic) bond motifs is 1. The molecule has 1 saturated heterocycles. The molecule has 0 spiro atoms. The molecule has 3 amide bonds. The minimum atomic E-state index is -0.608. The van der Waals surface area contributed by atoms with Gasteiger partial charge in [0.1, 0.15) is 6.04 Å². The van der Waals surface area contributed by atoms with Crippen LogP contribution in [0, 0.1) is 0 Å². The minimum absolute atomic E-state index is 0.307. The average molecular weight is 391 g/mol. The molecule has 0 bridgehead atoms. The Bertz CT molecular complexity index is 981. The van der Waals surface area contributed by atoms with Crippen LogP contribution in [0.5, 0.6) is 0 Å². The molecule has 1 aromatic heterocycles. The predicted octanol–water partition coefficient (Wildman–Crippen LogP) is 4.88. The van der Waals surface area contributed by atoms with Crippen LogP contribution in [0.25, 0.3) is 10.1 Å². The Morgan fingerprint density at radius 3 is 2.56 bits per heavy atom. The van der Waals surface area contributed by atoms with Gasteiger partial charge in [0, 0.05) is 21.2 Å². The largest absolute Gasteiger partial charge is 0.329 e. The van der Waals surface area contributed by atoms with E-state index in [0.29, 0.717) is 22.2 Å². The number of amides is 3. The van der Waals surface area contributed by atoms with Crippen LogP contribution >= 0.6 is 34.5 Å². The first-order valence-electron chi connectivity index (χ1n) is 7.58. The maximum absolute atomic E-state index is 12.8. The molecular weight excluding hydrogens is 379 g/mol. The number of carbonyl (C=O) groups is 2. The summed E-state index contributed by atoms with van der Waals surface area (Å²) in [6.45, 7) is 0. The second-order valence-corrected chi connectivity index (χ2v) is 7.55. The van der Waals surface area contributed by atoms with E-state index in [2.05, 4.69) is 5.32 Å². The fourth-order valence-electron chi connectivity index (χ4n) is 2.99. The van der Waals surface area contributed by atoms with Crippen LogP contribution in [0.1, 0.15) is 5.56 Å². The second-order valence-electron chi connectivity index (χ2n) is 5.76. The zero-order valence-corrected chi connectivity index (χ0v) is 15.2. The molecule has 1 unspecified atom stereocenters. The van der Waals surface area contributed by atoms with E-state index in [1.54, 1.807) is 29.5 Å². The van der Waals surface area contributed by atoms with Crippen LogP contribution in [0.3, 0.4) is 0 Å². The van der Waals surface area contributed by atoms with Crippen molar-refractivity contribution in [3.8, 4) is 0 Å². The van der Waals surface area contributed by atoms with Crippen LogP contribution < -0.4 is 10.2 Å². The van der Waals surface area contributed by atoms with E-state index < -0.39 is 12.1 Å². The van der Waals surface area contributed by atoms with Crippen molar-refractivity contribution in [1.82, 2.24) is 5.32 Å². The maximum atomic E-state index is 12.8. The molecule has 7 heteroatoms. The molecule has 4 rings (SSSR count). The van der Waals surface area contributed by atoms with Crippen molar-refractivity contribution in [3.05, 3.63) is 63.5 Å². The summed E-state index contributed by atoms with van der Waals surface area (Å²) < 4.78 is 1.16. The molecule has 0 saturated carbocycles. The van der Waals surface area contributed by atoms with E-state index in [-0.39, 0.29) is 5.91 Å². The maximum Gasteiger partial charge on any atom is 0.329 e. The van der Waals surface area contributed by atoms with Gasteiger partial charge in [0.15, 0.2) is 0 Å². The Balaban J connectivity index is 1.63. The van der Waals surface area contributed by atoms with Crippen molar-refractivity contribution >= 4 is 62.3 Å². The van der Waals surface area contributed by atoms with Gasteiger partial charge in [-0.3, -0.25) is 4.79 Å². The third-order valence-corrected chi connectivity index (χ3v) is 5.56. The van der Waals surface area contributed by atoms with Crippen LogP contribution in [-0.4, -0.2) is 18.0 Å². The van der Waals surface area contributed by atoms with E-state index in [0.717, 1.165) is 20.5 Å². The first-order valence-corrected chi connectivity index (χ1v) is 9.22. The molecule has 1 fully saturated rings. The van der Waals surface area contributed by atoms with Crippen LogP contribution in [0.2, 0.25) is 10.0 Å². The Kier molecular flexibility index (Phi) is 4.15. The SMILES string of the molecule is O=C1NC(Cc2csc3ccccc23)C(=O)N1c1cc(Cl)cc(Cl)c1. The highest BCUT2D eigenvalue weighted by Gasteiger charge is 2.39. The lowest BCUT2D eigenvalue weighted by Gasteiger charge is -2.14. The Morgan fingerprint density at radius 1 is 1.08 bits per heavy atom. The third kappa shape index (κ3) is 2.99. The van der Waals surface area contributed by atoms with Gasteiger partial charge < -0.3 is 5.32 Å². The summed E-state index contributed by atoms with van der Waals surface area (Å²) in [5.74, 6) is -0.307. The number of hydrogen-bond donors (Lipinski definition) is 1. The quantitative estimate of drug-likeness (QED) is 0.648. The van der Waals surface area contributed by atoms with Gasteiger partial charge in [-0.25, -0.2) is 9.69 Å². The third-order valence-electron chi connectivity index (χ3n) is 4.11. The summed E-state index contributed by atoms with van der Waals surface area (Å²) in [7, 11) is 0. The van der Waals surface area contributed by atoms with Crippen molar-refractivity contribution in [2.45, 2.75) is 12.5 Å². The number of hydrogen-bond acceptors (Lipinski definition) is 3. The topological polar surface area (TPSA) is 49.4 Å². The number of urea groups is 1. The molecule has 25 heavy (non-hydrogen) atoms. The van der Waals surface area contributed by atoms with Crippen LogP contribution in [0.15, 0.2) is 47.8 Å². The summed E-state index contributed by atoms with van der Waals surface area (Å²) in [6.07, 6.45) is 0.444. The van der Waals surface area contributed by atoms with E-state index in [1.807, 2.05) is 29.6 Å². The Labute approximate surface area is 158 Å². The molecule has 0 aliphatic carbocycles. The molecule has 2 aromatic carbocycles. The molecule has 1 aliphatic heterocycles. The molecule has 1 atom stereocenters. The van der Waals surface area contributed by atoms with Gasteiger partial charge in [0.2, 0.25) is 0 Å². The summed E-state index contributed by atoms with van der Waals surface area (Å²) in [5.41, 5.74) is 1.42. The lowest BCUT2D eigenvalue weighted by Crippen LogP contribution is -2.32. The van der Waals surface area contributed by atoms with E-state index in [4.69, 9.17) is 23.2 Å². The number of halogens is 2. The smallest absolute Gasteiger partial charge is 0.325 e. The van der Waals surface area contributed by atoms with Crippen LogP contribution in [-0.2, 0) is 11.2 Å². The fourth-order valence-corrected chi connectivity index (χ4v) is 4.48. The number of nitrogens with zero attached hydrogens (tertiary/aromatic N) is 1. The molecule has 126 valence electrons. The van der Waals surface area contributed by atoms with Crippen molar-refractivity contribution in [3.63, 3.8) is 0 Å². The van der Waals surface area contributed by atoms with Crippen molar-refractivity contribution in [2.75, 3.05) is 4.90 Å². The standard InChI is InChI=1S/C18H12Cl2N2O2S/c19-11-6-12(20)8-13(7-11)22-17(23)15(21-18(22)24)5-10-9-25-16-4-2-1-3-14(10)16/h1-4,6-9,15H,5H2,(H,21,24). The monoisotopic (exact) mass is 390 g/mol. The zero-order valence-electron chi connectivity index (χ0n) is 12.8. The number of carbonyl (C=O) groups excluding carboxylic acids is 2. The molecule has 4 nitrogen and oxygen atoms in total. The van der Waals surface area contributed by atoms with Crippen molar-refractivity contribution in [1.29, 1.82) is 0 Å². The minimum Gasteiger partial charge on any atom is -0.325 e. The Morgan fingerprint density at radius 2 is 1.80 bits per heavy atom. The summed E-state index contributed by atoms with van der Waals surface area (Å²) in [5, 5.41) is 6.63. The highest BCUT2D eigenvalue weighted by molar-refractivity contribution is 7.17. The molecular formula is C18H12Cl2N2O2S. The lowest BCUT2D eigenvalue weighted by atomic mass is 10.0. The molecule has 2 heterocycles. The normalized spacial score (nSPS) is 17.4. The average Bonchev–Trinajstić information content (AvgIpc) is 3.08.